The summed E-state index contributed by atoms with van der Waals surface area (Å²) in [6.45, 7) is 1.73. The molecule has 11 heavy (non-hydrogen) atoms. The molecule has 1 aromatic rings. The van der Waals surface area contributed by atoms with Gasteiger partial charge in [-0.3, -0.25) is 4.99 Å². The number of nitrogens with zero attached hydrogens (tertiary/aromatic N) is 3. The molecule has 1 radical (unpaired) electrons. The van der Waals surface area contributed by atoms with E-state index < -0.39 is 0 Å². The zero-order valence-electron chi connectivity index (χ0n) is 6.07. The lowest BCUT2D eigenvalue weighted by Crippen LogP contribution is -2.18. The Balaban J connectivity index is 2.23. The standard InChI is InChI=1S/C8H8N3/c1-2-4-10-8(3-1)11-6-5-9-7-11/h1-4H,5-6H2. The second-order valence-corrected chi connectivity index (χ2v) is 2.32. The van der Waals surface area contributed by atoms with E-state index >= 15 is 0 Å². The average molecular weight is 146 g/mol. The number of rotatable bonds is 1. The minimum Gasteiger partial charge on any atom is -0.306 e. The van der Waals surface area contributed by atoms with Crippen molar-refractivity contribution < 1.29 is 0 Å². The molecular weight excluding hydrogens is 138 g/mol. The van der Waals surface area contributed by atoms with Gasteiger partial charge in [0.25, 0.3) is 0 Å². The van der Waals surface area contributed by atoms with Crippen LogP contribution in [0.2, 0.25) is 0 Å². The Labute approximate surface area is 65.4 Å². The molecule has 2 rings (SSSR count). The molecule has 0 atom stereocenters. The van der Waals surface area contributed by atoms with E-state index in [1.54, 1.807) is 6.20 Å². The smallest absolute Gasteiger partial charge is 0.173 e. The van der Waals surface area contributed by atoms with Crippen LogP contribution in [0.3, 0.4) is 0 Å². The highest BCUT2D eigenvalue weighted by Gasteiger charge is 2.08. The van der Waals surface area contributed by atoms with Crippen molar-refractivity contribution in [2.24, 2.45) is 4.99 Å². The van der Waals surface area contributed by atoms with Crippen LogP contribution in [0.4, 0.5) is 5.82 Å². The first-order valence-electron chi connectivity index (χ1n) is 3.57. The fraction of sp³-hybridized carbons (Fsp3) is 0.250. The van der Waals surface area contributed by atoms with Crippen molar-refractivity contribution in [1.82, 2.24) is 4.98 Å². The lowest BCUT2D eigenvalue weighted by Gasteiger charge is -2.09. The molecule has 0 fully saturated rings. The van der Waals surface area contributed by atoms with E-state index in [4.69, 9.17) is 0 Å². The van der Waals surface area contributed by atoms with E-state index in [0.29, 0.717) is 0 Å². The second kappa shape index (κ2) is 2.70. The SMILES string of the molecule is [C]1=NCCN1c1ccccn1. The zero-order chi connectivity index (χ0) is 7.52. The molecule has 1 aromatic heterocycles. The van der Waals surface area contributed by atoms with Gasteiger partial charge in [0.2, 0.25) is 0 Å². The predicted molar refractivity (Wildman–Crippen MR) is 43.9 cm³/mol. The maximum atomic E-state index is 4.16. The van der Waals surface area contributed by atoms with Crippen LogP contribution in [-0.4, -0.2) is 24.4 Å². The minimum absolute atomic E-state index is 0.830. The molecule has 0 bridgehead atoms. The lowest BCUT2D eigenvalue weighted by molar-refractivity contribution is 1.00. The first-order chi connectivity index (χ1) is 5.47. The molecule has 1 aliphatic rings. The third-order valence-corrected chi connectivity index (χ3v) is 1.55. The monoisotopic (exact) mass is 146 g/mol. The van der Waals surface area contributed by atoms with Crippen LogP contribution >= 0.6 is 0 Å². The van der Waals surface area contributed by atoms with Crippen LogP contribution < -0.4 is 4.90 Å². The molecule has 1 aliphatic heterocycles. The number of aromatic nitrogens is 1. The minimum atomic E-state index is 0.830. The van der Waals surface area contributed by atoms with E-state index in [0.717, 1.165) is 18.9 Å². The van der Waals surface area contributed by atoms with Gasteiger partial charge in [0.15, 0.2) is 6.34 Å². The number of aliphatic imine (C=N–C) groups is 1. The molecule has 3 nitrogen and oxygen atoms in total. The van der Waals surface area contributed by atoms with Crippen molar-refractivity contribution in [1.29, 1.82) is 0 Å². The summed E-state index contributed by atoms with van der Waals surface area (Å²) in [5.74, 6) is 0.925. The molecule has 0 spiro atoms. The molecular formula is C8H8N3. The van der Waals surface area contributed by atoms with Gasteiger partial charge in [-0.1, -0.05) is 6.07 Å². The topological polar surface area (TPSA) is 28.5 Å². The Morgan fingerprint density at radius 1 is 1.45 bits per heavy atom. The molecule has 0 saturated heterocycles. The number of anilines is 1. The highest BCUT2D eigenvalue weighted by atomic mass is 15.2. The molecule has 3 heteroatoms. The fourth-order valence-electron chi connectivity index (χ4n) is 1.01. The lowest BCUT2D eigenvalue weighted by atomic mass is 10.4. The van der Waals surface area contributed by atoms with Gasteiger partial charge in [0, 0.05) is 12.7 Å². The molecule has 0 aliphatic carbocycles. The molecule has 0 amide bonds. The van der Waals surface area contributed by atoms with Gasteiger partial charge in [0.05, 0.1) is 6.54 Å². The Morgan fingerprint density at radius 3 is 3.09 bits per heavy atom. The van der Waals surface area contributed by atoms with Gasteiger partial charge in [-0.2, -0.15) is 0 Å². The van der Waals surface area contributed by atoms with Gasteiger partial charge < -0.3 is 4.90 Å². The van der Waals surface area contributed by atoms with Crippen LogP contribution in [0.5, 0.6) is 0 Å². The normalized spacial score (nSPS) is 15.8. The third-order valence-electron chi connectivity index (χ3n) is 1.55. The molecule has 0 aromatic carbocycles. The van der Waals surface area contributed by atoms with Crippen LogP contribution in [0, 0.1) is 0 Å². The van der Waals surface area contributed by atoms with Crippen LogP contribution in [0.1, 0.15) is 0 Å². The predicted octanol–water partition coefficient (Wildman–Crippen LogP) is 0.807. The molecule has 0 unspecified atom stereocenters. The van der Waals surface area contributed by atoms with E-state index in [-0.39, 0.29) is 0 Å². The van der Waals surface area contributed by atoms with E-state index in [1.807, 2.05) is 23.1 Å². The first kappa shape index (κ1) is 6.34. The molecule has 55 valence electrons. The zero-order valence-corrected chi connectivity index (χ0v) is 6.07. The largest absolute Gasteiger partial charge is 0.306 e. The van der Waals surface area contributed by atoms with Gasteiger partial charge in [0.1, 0.15) is 5.82 Å². The van der Waals surface area contributed by atoms with E-state index in [9.17, 15) is 0 Å². The fourth-order valence-corrected chi connectivity index (χ4v) is 1.01. The highest BCUT2D eigenvalue weighted by Crippen LogP contribution is 2.08. The van der Waals surface area contributed by atoms with Gasteiger partial charge in [-0.15, -0.1) is 0 Å². The van der Waals surface area contributed by atoms with Crippen LogP contribution in [0.25, 0.3) is 0 Å². The van der Waals surface area contributed by atoms with Gasteiger partial charge >= 0.3 is 0 Å². The molecule has 2 heterocycles. The average Bonchev–Trinajstić information content (AvgIpc) is 2.58. The maximum absolute atomic E-state index is 4.16. The van der Waals surface area contributed by atoms with Crippen molar-refractivity contribution in [3.8, 4) is 0 Å². The summed E-state index contributed by atoms with van der Waals surface area (Å²) >= 11 is 0. The van der Waals surface area contributed by atoms with Crippen molar-refractivity contribution >= 4 is 12.2 Å². The Kier molecular flexibility index (Phi) is 1.55. The van der Waals surface area contributed by atoms with E-state index in [2.05, 4.69) is 16.3 Å². The number of hydrogen-bond acceptors (Lipinski definition) is 3. The summed E-state index contributed by atoms with van der Waals surface area (Å²) < 4.78 is 0. The Morgan fingerprint density at radius 2 is 2.45 bits per heavy atom. The van der Waals surface area contributed by atoms with Crippen LogP contribution in [0.15, 0.2) is 29.4 Å². The summed E-state index contributed by atoms with van der Waals surface area (Å²) in [6.07, 6.45) is 4.64. The highest BCUT2D eigenvalue weighted by molar-refractivity contribution is 5.78. The summed E-state index contributed by atoms with van der Waals surface area (Å²) in [4.78, 5) is 10.1. The first-order valence-corrected chi connectivity index (χ1v) is 3.57. The van der Waals surface area contributed by atoms with Crippen molar-refractivity contribution in [3.05, 3.63) is 24.4 Å². The number of pyridine rings is 1. The summed E-state index contributed by atoms with van der Waals surface area (Å²) in [5.41, 5.74) is 0. The van der Waals surface area contributed by atoms with Gasteiger partial charge in [-0.05, 0) is 12.1 Å². The summed E-state index contributed by atoms with van der Waals surface area (Å²) in [5, 5.41) is 0. The third kappa shape index (κ3) is 1.22. The van der Waals surface area contributed by atoms with Gasteiger partial charge in [-0.25, -0.2) is 4.98 Å². The second-order valence-electron chi connectivity index (χ2n) is 2.32. The van der Waals surface area contributed by atoms with Crippen molar-refractivity contribution in [2.45, 2.75) is 0 Å². The summed E-state index contributed by atoms with van der Waals surface area (Å²) in [6, 6.07) is 5.81. The maximum Gasteiger partial charge on any atom is 0.173 e. The summed E-state index contributed by atoms with van der Waals surface area (Å²) in [7, 11) is 0. The molecule has 0 N–H and O–H groups in total. The van der Waals surface area contributed by atoms with E-state index in [1.165, 1.54) is 0 Å². The number of hydrogen-bond donors (Lipinski definition) is 0. The Hall–Kier alpha value is -1.38. The molecule has 0 saturated carbocycles. The van der Waals surface area contributed by atoms with Crippen molar-refractivity contribution in [2.75, 3.05) is 18.0 Å². The Bertz CT molecular complexity index is 255. The quantitative estimate of drug-likeness (QED) is 0.586. The van der Waals surface area contributed by atoms with Crippen LogP contribution in [-0.2, 0) is 0 Å². The van der Waals surface area contributed by atoms with Crippen molar-refractivity contribution in [3.63, 3.8) is 0 Å².